The van der Waals surface area contributed by atoms with E-state index in [4.69, 9.17) is 5.11 Å². The standard InChI is InChI=1S/C10H17NO3/c1-7(10(13)14)9-3-5-11(6-4-9)8(2)12/h7,9H,3-6H2,1-2H3,(H,13,14)/t7-/m1/s1. The minimum atomic E-state index is -0.730. The van der Waals surface area contributed by atoms with E-state index in [0.29, 0.717) is 13.1 Å². The molecule has 1 fully saturated rings. The molecule has 1 atom stereocenters. The first kappa shape index (κ1) is 11.0. The van der Waals surface area contributed by atoms with Crippen LogP contribution in [0.25, 0.3) is 0 Å². The minimum Gasteiger partial charge on any atom is -0.481 e. The van der Waals surface area contributed by atoms with E-state index in [1.807, 2.05) is 0 Å². The van der Waals surface area contributed by atoms with Crippen LogP contribution in [0.5, 0.6) is 0 Å². The molecule has 0 aromatic rings. The summed E-state index contributed by atoms with van der Waals surface area (Å²) in [6, 6.07) is 0. The highest BCUT2D eigenvalue weighted by Crippen LogP contribution is 2.24. The van der Waals surface area contributed by atoms with Crippen LogP contribution in [0.15, 0.2) is 0 Å². The number of carbonyl (C=O) groups excluding carboxylic acids is 1. The largest absolute Gasteiger partial charge is 0.481 e. The Balaban J connectivity index is 2.43. The molecule has 0 aliphatic carbocycles. The van der Waals surface area contributed by atoms with Crippen LogP contribution in [0, 0.1) is 11.8 Å². The zero-order chi connectivity index (χ0) is 10.7. The maximum Gasteiger partial charge on any atom is 0.306 e. The van der Waals surface area contributed by atoms with Crippen molar-refractivity contribution in [3.8, 4) is 0 Å². The van der Waals surface area contributed by atoms with E-state index in [9.17, 15) is 9.59 Å². The number of carbonyl (C=O) groups is 2. The molecule has 0 spiro atoms. The van der Waals surface area contributed by atoms with Crippen LogP contribution in [-0.4, -0.2) is 35.0 Å². The van der Waals surface area contributed by atoms with E-state index in [1.165, 1.54) is 0 Å². The van der Waals surface area contributed by atoms with Crippen LogP contribution in [-0.2, 0) is 9.59 Å². The first-order valence-electron chi connectivity index (χ1n) is 5.00. The van der Waals surface area contributed by atoms with Gasteiger partial charge in [0.15, 0.2) is 0 Å². The van der Waals surface area contributed by atoms with Crippen molar-refractivity contribution in [3.05, 3.63) is 0 Å². The Labute approximate surface area is 83.9 Å². The second-order valence-electron chi connectivity index (χ2n) is 3.97. The maximum atomic E-state index is 11.0. The van der Waals surface area contributed by atoms with Crippen molar-refractivity contribution < 1.29 is 14.7 Å². The molecule has 1 rings (SSSR count). The highest BCUT2D eigenvalue weighted by molar-refractivity contribution is 5.73. The molecule has 1 heterocycles. The van der Waals surface area contributed by atoms with Crippen molar-refractivity contribution in [2.24, 2.45) is 11.8 Å². The van der Waals surface area contributed by atoms with Gasteiger partial charge < -0.3 is 10.0 Å². The maximum absolute atomic E-state index is 11.0. The van der Waals surface area contributed by atoms with Crippen LogP contribution in [0.1, 0.15) is 26.7 Å². The lowest BCUT2D eigenvalue weighted by molar-refractivity contribution is -0.143. The molecule has 0 aromatic heterocycles. The molecule has 0 radical (unpaired) electrons. The summed E-state index contributed by atoms with van der Waals surface area (Å²) in [4.78, 5) is 23.5. The zero-order valence-electron chi connectivity index (χ0n) is 8.69. The molecule has 1 N–H and O–H groups in total. The molecule has 0 bridgehead atoms. The number of hydrogen-bond acceptors (Lipinski definition) is 2. The minimum absolute atomic E-state index is 0.0893. The van der Waals surface area contributed by atoms with Gasteiger partial charge >= 0.3 is 5.97 Å². The molecular weight excluding hydrogens is 182 g/mol. The Hall–Kier alpha value is -1.06. The van der Waals surface area contributed by atoms with E-state index >= 15 is 0 Å². The topological polar surface area (TPSA) is 57.6 Å². The number of carboxylic acid groups (broad SMARTS) is 1. The fraction of sp³-hybridized carbons (Fsp3) is 0.800. The van der Waals surface area contributed by atoms with Crippen LogP contribution in [0.4, 0.5) is 0 Å². The summed E-state index contributed by atoms with van der Waals surface area (Å²) >= 11 is 0. The normalized spacial score (nSPS) is 20.6. The van der Waals surface area contributed by atoms with Gasteiger partial charge in [-0.2, -0.15) is 0 Å². The predicted molar refractivity (Wildman–Crippen MR) is 51.8 cm³/mol. The molecule has 1 aliphatic heterocycles. The van der Waals surface area contributed by atoms with Gasteiger partial charge in [0.2, 0.25) is 5.91 Å². The SMILES string of the molecule is CC(=O)N1CCC([C@@H](C)C(=O)O)CC1. The fourth-order valence-corrected chi connectivity index (χ4v) is 1.92. The van der Waals surface area contributed by atoms with Gasteiger partial charge in [0, 0.05) is 20.0 Å². The zero-order valence-corrected chi connectivity index (χ0v) is 8.69. The Morgan fingerprint density at radius 3 is 2.21 bits per heavy atom. The molecule has 80 valence electrons. The van der Waals surface area contributed by atoms with Crippen molar-refractivity contribution in [3.63, 3.8) is 0 Å². The number of amides is 1. The van der Waals surface area contributed by atoms with Gasteiger partial charge in [0.25, 0.3) is 0 Å². The van der Waals surface area contributed by atoms with Crippen molar-refractivity contribution >= 4 is 11.9 Å². The summed E-state index contributed by atoms with van der Waals surface area (Å²) in [5.74, 6) is -0.704. The second-order valence-corrected chi connectivity index (χ2v) is 3.97. The third kappa shape index (κ3) is 2.47. The summed E-state index contributed by atoms with van der Waals surface area (Å²) in [5.41, 5.74) is 0. The number of nitrogens with zero attached hydrogens (tertiary/aromatic N) is 1. The first-order valence-corrected chi connectivity index (χ1v) is 5.00. The van der Waals surface area contributed by atoms with Gasteiger partial charge in [-0.05, 0) is 18.8 Å². The number of piperidine rings is 1. The monoisotopic (exact) mass is 199 g/mol. The second kappa shape index (κ2) is 4.44. The van der Waals surface area contributed by atoms with Gasteiger partial charge in [0.05, 0.1) is 5.92 Å². The Kier molecular flexibility index (Phi) is 3.49. The van der Waals surface area contributed by atoms with Gasteiger partial charge in [-0.1, -0.05) is 6.92 Å². The van der Waals surface area contributed by atoms with Crippen LogP contribution >= 0.6 is 0 Å². The van der Waals surface area contributed by atoms with Crippen molar-refractivity contribution in [2.75, 3.05) is 13.1 Å². The van der Waals surface area contributed by atoms with Crippen molar-refractivity contribution in [1.82, 2.24) is 4.90 Å². The van der Waals surface area contributed by atoms with E-state index in [0.717, 1.165) is 12.8 Å². The highest BCUT2D eigenvalue weighted by Gasteiger charge is 2.28. The molecule has 14 heavy (non-hydrogen) atoms. The van der Waals surface area contributed by atoms with Gasteiger partial charge in [-0.25, -0.2) is 0 Å². The van der Waals surface area contributed by atoms with Crippen molar-refractivity contribution in [2.45, 2.75) is 26.7 Å². The van der Waals surface area contributed by atoms with Crippen molar-refractivity contribution in [1.29, 1.82) is 0 Å². The highest BCUT2D eigenvalue weighted by atomic mass is 16.4. The lowest BCUT2D eigenvalue weighted by Crippen LogP contribution is -2.39. The molecule has 0 unspecified atom stereocenters. The summed E-state index contributed by atoms with van der Waals surface area (Å²) in [5, 5.41) is 8.83. The smallest absolute Gasteiger partial charge is 0.306 e. The van der Waals surface area contributed by atoms with Crippen LogP contribution in [0.3, 0.4) is 0 Å². The van der Waals surface area contributed by atoms with Crippen LogP contribution in [0.2, 0.25) is 0 Å². The molecule has 1 amide bonds. The average molecular weight is 199 g/mol. The first-order chi connectivity index (χ1) is 6.52. The third-order valence-corrected chi connectivity index (χ3v) is 3.08. The number of rotatable bonds is 2. The molecular formula is C10H17NO3. The number of hydrogen-bond donors (Lipinski definition) is 1. The Morgan fingerprint density at radius 1 is 1.36 bits per heavy atom. The quantitative estimate of drug-likeness (QED) is 0.720. The van der Waals surface area contributed by atoms with Gasteiger partial charge in [0.1, 0.15) is 0 Å². The molecule has 4 nitrogen and oxygen atoms in total. The molecule has 4 heteroatoms. The Morgan fingerprint density at radius 2 is 1.86 bits per heavy atom. The summed E-state index contributed by atoms with van der Waals surface area (Å²) in [6.45, 7) is 4.71. The summed E-state index contributed by atoms with van der Waals surface area (Å²) in [7, 11) is 0. The number of aliphatic carboxylic acids is 1. The molecule has 1 saturated heterocycles. The van der Waals surface area contributed by atoms with E-state index in [-0.39, 0.29) is 17.7 Å². The summed E-state index contributed by atoms with van der Waals surface area (Å²) in [6.07, 6.45) is 1.63. The van der Waals surface area contributed by atoms with Gasteiger partial charge in [-0.15, -0.1) is 0 Å². The summed E-state index contributed by atoms with van der Waals surface area (Å²) < 4.78 is 0. The number of carboxylic acids is 1. The lowest BCUT2D eigenvalue weighted by atomic mass is 9.85. The van der Waals surface area contributed by atoms with Gasteiger partial charge in [-0.3, -0.25) is 9.59 Å². The van der Waals surface area contributed by atoms with Crippen LogP contribution < -0.4 is 0 Å². The fourth-order valence-electron chi connectivity index (χ4n) is 1.92. The molecule has 0 saturated carbocycles. The third-order valence-electron chi connectivity index (χ3n) is 3.08. The molecule has 0 aromatic carbocycles. The lowest BCUT2D eigenvalue weighted by Gasteiger charge is -2.32. The van der Waals surface area contributed by atoms with E-state index in [1.54, 1.807) is 18.7 Å². The van der Waals surface area contributed by atoms with E-state index < -0.39 is 5.97 Å². The Bertz CT molecular complexity index is 232. The average Bonchev–Trinajstić information content (AvgIpc) is 2.16. The predicted octanol–water partition coefficient (Wildman–Crippen LogP) is 0.966. The molecule has 1 aliphatic rings. The number of likely N-dealkylation sites (tertiary alicyclic amines) is 1. The van der Waals surface area contributed by atoms with E-state index in [2.05, 4.69) is 0 Å².